The quantitative estimate of drug-likeness (QED) is 0.864. The summed E-state index contributed by atoms with van der Waals surface area (Å²) < 4.78 is 5.88. The molecule has 1 fully saturated rings. The fourth-order valence-corrected chi connectivity index (χ4v) is 2.29. The van der Waals surface area contributed by atoms with Crippen molar-refractivity contribution >= 4 is 5.57 Å². The van der Waals surface area contributed by atoms with E-state index >= 15 is 0 Å². The van der Waals surface area contributed by atoms with Crippen molar-refractivity contribution in [3.63, 3.8) is 0 Å². The summed E-state index contributed by atoms with van der Waals surface area (Å²) in [7, 11) is 0. The summed E-state index contributed by atoms with van der Waals surface area (Å²) in [5.41, 5.74) is 9.45. The molecule has 2 nitrogen and oxygen atoms in total. The van der Waals surface area contributed by atoms with Crippen molar-refractivity contribution in [3.05, 3.63) is 42.0 Å². The van der Waals surface area contributed by atoms with E-state index < -0.39 is 0 Å². The molecular formula is C15H21NO. The molecule has 2 atom stereocenters. The largest absolute Gasteiger partial charge is 0.372 e. The van der Waals surface area contributed by atoms with Crippen molar-refractivity contribution in [3.8, 4) is 0 Å². The van der Waals surface area contributed by atoms with Crippen LogP contribution in [0.25, 0.3) is 5.57 Å². The van der Waals surface area contributed by atoms with Gasteiger partial charge in [0.15, 0.2) is 0 Å². The van der Waals surface area contributed by atoms with Crippen LogP contribution in [-0.2, 0) is 11.3 Å². The lowest BCUT2D eigenvalue weighted by Crippen LogP contribution is -2.31. The molecule has 1 aromatic carbocycles. The molecule has 0 radical (unpaired) electrons. The first kappa shape index (κ1) is 12.3. The minimum atomic E-state index is 0.222. The summed E-state index contributed by atoms with van der Waals surface area (Å²) in [6.45, 7) is 6.63. The van der Waals surface area contributed by atoms with Gasteiger partial charge in [0.25, 0.3) is 0 Å². The highest BCUT2D eigenvalue weighted by atomic mass is 16.5. The van der Waals surface area contributed by atoms with E-state index in [1.165, 1.54) is 17.5 Å². The molecule has 0 aliphatic heterocycles. The fraction of sp³-hybridized carbons (Fsp3) is 0.467. The Kier molecular flexibility index (Phi) is 3.97. The number of hydrogen-bond acceptors (Lipinski definition) is 2. The van der Waals surface area contributed by atoms with Gasteiger partial charge in [0, 0.05) is 6.04 Å². The molecule has 2 rings (SSSR count). The normalized spacial score (nSPS) is 23.9. The van der Waals surface area contributed by atoms with Crippen molar-refractivity contribution in [1.82, 2.24) is 0 Å². The van der Waals surface area contributed by atoms with Gasteiger partial charge in [-0.25, -0.2) is 0 Å². The Morgan fingerprint density at radius 1 is 1.47 bits per heavy atom. The number of hydrogen-bond donors (Lipinski definition) is 1. The van der Waals surface area contributed by atoms with Crippen molar-refractivity contribution in [2.75, 3.05) is 0 Å². The molecule has 17 heavy (non-hydrogen) atoms. The van der Waals surface area contributed by atoms with Gasteiger partial charge >= 0.3 is 0 Å². The van der Waals surface area contributed by atoms with Gasteiger partial charge in [0.05, 0.1) is 12.7 Å². The lowest BCUT2D eigenvalue weighted by Gasteiger charge is -2.16. The highest BCUT2D eigenvalue weighted by molar-refractivity contribution is 5.61. The van der Waals surface area contributed by atoms with E-state index in [1.54, 1.807) is 0 Å². The predicted molar refractivity (Wildman–Crippen MR) is 71.6 cm³/mol. The topological polar surface area (TPSA) is 35.2 Å². The van der Waals surface area contributed by atoms with Crippen LogP contribution in [-0.4, -0.2) is 12.1 Å². The number of benzene rings is 1. The first-order chi connectivity index (χ1) is 8.16. The molecule has 1 saturated carbocycles. The zero-order chi connectivity index (χ0) is 12.3. The van der Waals surface area contributed by atoms with Crippen LogP contribution < -0.4 is 5.73 Å². The Bertz CT molecular complexity index is 400. The van der Waals surface area contributed by atoms with Crippen molar-refractivity contribution in [2.45, 2.75) is 44.9 Å². The molecule has 0 heterocycles. The van der Waals surface area contributed by atoms with Crippen molar-refractivity contribution in [2.24, 2.45) is 5.73 Å². The van der Waals surface area contributed by atoms with E-state index in [2.05, 4.69) is 30.8 Å². The smallest absolute Gasteiger partial charge is 0.0730 e. The summed E-state index contributed by atoms with van der Waals surface area (Å²) in [5.74, 6) is 0. The molecule has 0 bridgehead atoms. The summed E-state index contributed by atoms with van der Waals surface area (Å²) >= 11 is 0. The van der Waals surface area contributed by atoms with Gasteiger partial charge in [-0.05, 0) is 43.4 Å². The predicted octanol–water partition coefficient (Wildman–Crippen LogP) is 3.12. The Morgan fingerprint density at radius 3 is 2.94 bits per heavy atom. The third-order valence-corrected chi connectivity index (χ3v) is 3.39. The SMILES string of the molecule is C=C(C)c1cccc(CO[C@H]2CCC[C@@H]2N)c1. The number of rotatable bonds is 4. The Hall–Kier alpha value is -1.12. The van der Waals surface area contributed by atoms with E-state index in [1.807, 2.05) is 6.92 Å². The standard InChI is InChI=1S/C15H21NO/c1-11(2)13-6-3-5-12(9-13)10-17-15-8-4-7-14(15)16/h3,5-6,9,14-15H,1,4,7-8,10,16H2,2H3/t14-,15-/m0/s1. The highest BCUT2D eigenvalue weighted by Gasteiger charge is 2.24. The summed E-state index contributed by atoms with van der Waals surface area (Å²) in [4.78, 5) is 0. The maximum Gasteiger partial charge on any atom is 0.0730 e. The second-order valence-electron chi connectivity index (χ2n) is 4.92. The molecule has 2 heteroatoms. The van der Waals surface area contributed by atoms with Crippen LogP contribution in [0.2, 0.25) is 0 Å². The average Bonchev–Trinajstić information content (AvgIpc) is 2.72. The molecule has 1 aromatic rings. The molecule has 0 aromatic heterocycles. The lowest BCUT2D eigenvalue weighted by molar-refractivity contribution is 0.0357. The zero-order valence-corrected chi connectivity index (χ0v) is 10.5. The maximum atomic E-state index is 5.98. The monoisotopic (exact) mass is 231 g/mol. The minimum Gasteiger partial charge on any atom is -0.372 e. The van der Waals surface area contributed by atoms with Gasteiger partial charge in [-0.15, -0.1) is 0 Å². The lowest BCUT2D eigenvalue weighted by atomic mass is 10.1. The second-order valence-corrected chi connectivity index (χ2v) is 4.92. The van der Waals surface area contributed by atoms with Crippen LogP contribution in [0.3, 0.4) is 0 Å². The third kappa shape index (κ3) is 3.18. The Morgan fingerprint density at radius 2 is 2.29 bits per heavy atom. The Labute approximate surface area is 103 Å². The van der Waals surface area contributed by atoms with Gasteiger partial charge in [0.1, 0.15) is 0 Å². The molecule has 0 spiro atoms. The van der Waals surface area contributed by atoms with Gasteiger partial charge in [-0.3, -0.25) is 0 Å². The molecule has 0 saturated heterocycles. The van der Waals surface area contributed by atoms with E-state index in [9.17, 15) is 0 Å². The van der Waals surface area contributed by atoms with Crippen LogP contribution >= 0.6 is 0 Å². The second kappa shape index (κ2) is 5.48. The Balaban J connectivity index is 1.94. The van der Waals surface area contributed by atoms with Crippen LogP contribution in [0, 0.1) is 0 Å². The number of nitrogens with two attached hydrogens (primary N) is 1. The number of ether oxygens (including phenoxy) is 1. The van der Waals surface area contributed by atoms with Crippen LogP contribution in [0.4, 0.5) is 0 Å². The minimum absolute atomic E-state index is 0.222. The summed E-state index contributed by atoms with van der Waals surface area (Å²) in [6, 6.07) is 8.58. The first-order valence-corrected chi connectivity index (χ1v) is 6.29. The fourth-order valence-electron chi connectivity index (χ4n) is 2.29. The van der Waals surface area contributed by atoms with E-state index in [4.69, 9.17) is 10.5 Å². The van der Waals surface area contributed by atoms with E-state index in [-0.39, 0.29) is 12.1 Å². The molecule has 92 valence electrons. The van der Waals surface area contributed by atoms with E-state index in [0.717, 1.165) is 18.4 Å². The molecule has 0 unspecified atom stereocenters. The van der Waals surface area contributed by atoms with Crippen LogP contribution in [0.5, 0.6) is 0 Å². The zero-order valence-electron chi connectivity index (χ0n) is 10.5. The van der Waals surface area contributed by atoms with Gasteiger partial charge in [-0.2, -0.15) is 0 Å². The molecular weight excluding hydrogens is 210 g/mol. The molecule has 0 amide bonds. The van der Waals surface area contributed by atoms with Gasteiger partial charge < -0.3 is 10.5 Å². The molecule has 1 aliphatic carbocycles. The summed E-state index contributed by atoms with van der Waals surface area (Å²) in [6.07, 6.45) is 3.62. The highest BCUT2D eigenvalue weighted by Crippen LogP contribution is 2.22. The number of allylic oxidation sites excluding steroid dienone is 1. The van der Waals surface area contributed by atoms with Crippen LogP contribution in [0.1, 0.15) is 37.3 Å². The van der Waals surface area contributed by atoms with Crippen molar-refractivity contribution in [1.29, 1.82) is 0 Å². The molecule has 2 N–H and O–H groups in total. The van der Waals surface area contributed by atoms with Crippen molar-refractivity contribution < 1.29 is 4.74 Å². The first-order valence-electron chi connectivity index (χ1n) is 6.29. The van der Waals surface area contributed by atoms with Gasteiger partial charge in [0.2, 0.25) is 0 Å². The maximum absolute atomic E-state index is 5.98. The van der Waals surface area contributed by atoms with Crippen LogP contribution in [0.15, 0.2) is 30.8 Å². The molecule has 1 aliphatic rings. The summed E-state index contributed by atoms with van der Waals surface area (Å²) in [5, 5.41) is 0. The van der Waals surface area contributed by atoms with E-state index in [0.29, 0.717) is 6.61 Å². The van der Waals surface area contributed by atoms with Gasteiger partial charge in [-0.1, -0.05) is 30.4 Å². The average molecular weight is 231 g/mol. The third-order valence-electron chi connectivity index (χ3n) is 3.39.